The van der Waals surface area contributed by atoms with E-state index in [0.717, 1.165) is 25.3 Å². The van der Waals surface area contributed by atoms with E-state index in [4.69, 9.17) is 10.7 Å². The first-order valence-electron chi connectivity index (χ1n) is 7.79. The number of hydrogen-bond acceptors (Lipinski definition) is 4. The minimum atomic E-state index is 0.599. The minimum absolute atomic E-state index is 0.599. The van der Waals surface area contributed by atoms with Gasteiger partial charge >= 0.3 is 0 Å². The van der Waals surface area contributed by atoms with Crippen LogP contribution in [0.1, 0.15) is 43.5 Å². The molecule has 4 heteroatoms. The number of rotatable bonds is 2. The fourth-order valence-corrected chi connectivity index (χ4v) is 4.77. The number of hydrogen-bond donors (Lipinski definition) is 1. The number of nitrogens with two attached hydrogens (primary N) is 1. The highest BCUT2D eigenvalue weighted by Gasteiger charge is 2.26. The summed E-state index contributed by atoms with van der Waals surface area (Å²) in [7, 11) is 0. The van der Waals surface area contributed by atoms with Crippen LogP contribution in [0, 0.1) is 0 Å². The lowest BCUT2D eigenvalue weighted by Crippen LogP contribution is -2.41. The molecule has 20 heavy (non-hydrogen) atoms. The first kappa shape index (κ1) is 14.2. The molecule has 2 aliphatic rings. The van der Waals surface area contributed by atoms with E-state index in [-0.39, 0.29) is 0 Å². The Balaban J connectivity index is 1.95. The van der Waals surface area contributed by atoms with Gasteiger partial charge in [0.15, 0.2) is 0 Å². The Morgan fingerprint density at radius 1 is 1.25 bits per heavy atom. The molecule has 0 spiro atoms. The first-order valence-corrected chi connectivity index (χ1v) is 8.73. The van der Waals surface area contributed by atoms with Gasteiger partial charge in [-0.1, -0.05) is 13.8 Å². The highest BCUT2D eigenvalue weighted by atomic mass is 32.2. The summed E-state index contributed by atoms with van der Waals surface area (Å²) in [6, 6.07) is 2.33. The summed E-state index contributed by atoms with van der Waals surface area (Å²) in [5.41, 5.74) is 9.98. The zero-order chi connectivity index (χ0) is 14.1. The molecule has 1 aromatic rings. The molecule has 1 fully saturated rings. The van der Waals surface area contributed by atoms with Crippen LogP contribution in [0.3, 0.4) is 0 Å². The van der Waals surface area contributed by atoms with Crippen molar-refractivity contribution in [1.82, 2.24) is 4.98 Å². The Hall–Kier alpha value is -0.740. The second kappa shape index (κ2) is 5.94. The molecule has 3 rings (SSSR count). The maximum Gasteiger partial charge on any atom is 0.133 e. The van der Waals surface area contributed by atoms with Gasteiger partial charge in [-0.3, -0.25) is 0 Å². The Morgan fingerprint density at radius 3 is 2.65 bits per heavy atom. The molecule has 0 aromatic carbocycles. The summed E-state index contributed by atoms with van der Waals surface area (Å²) in [4.78, 5) is 7.47. The maximum atomic E-state index is 5.99. The van der Waals surface area contributed by atoms with Gasteiger partial charge in [-0.25, -0.2) is 4.98 Å². The average Bonchev–Trinajstić information content (AvgIpc) is 2.44. The smallest absolute Gasteiger partial charge is 0.133 e. The Morgan fingerprint density at radius 2 is 1.95 bits per heavy atom. The van der Waals surface area contributed by atoms with Crippen LogP contribution in [-0.4, -0.2) is 28.6 Å². The third-order valence-electron chi connectivity index (χ3n) is 4.30. The van der Waals surface area contributed by atoms with Crippen LogP contribution >= 0.6 is 11.8 Å². The van der Waals surface area contributed by atoms with Crippen LogP contribution in [0.25, 0.3) is 0 Å². The molecule has 2 unspecified atom stereocenters. The lowest BCUT2D eigenvalue weighted by atomic mass is 9.94. The van der Waals surface area contributed by atoms with Gasteiger partial charge in [0.05, 0.1) is 0 Å². The highest BCUT2D eigenvalue weighted by molar-refractivity contribution is 8.00. The maximum absolute atomic E-state index is 5.99. The van der Waals surface area contributed by atoms with E-state index in [1.165, 1.54) is 36.1 Å². The van der Waals surface area contributed by atoms with Crippen molar-refractivity contribution in [2.75, 3.05) is 18.0 Å². The van der Waals surface area contributed by atoms with E-state index in [9.17, 15) is 0 Å². The van der Waals surface area contributed by atoms with E-state index in [0.29, 0.717) is 17.0 Å². The quantitative estimate of drug-likeness (QED) is 0.910. The highest BCUT2D eigenvalue weighted by Crippen LogP contribution is 2.31. The summed E-state index contributed by atoms with van der Waals surface area (Å²) in [5, 5.41) is 1.34. The average molecular weight is 291 g/mol. The Labute approximate surface area is 126 Å². The van der Waals surface area contributed by atoms with E-state index < -0.39 is 0 Å². The van der Waals surface area contributed by atoms with Gasteiger partial charge < -0.3 is 10.6 Å². The van der Waals surface area contributed by atoms with Crippen LogP contribution in [0.5, 0.6) is 0 Å². The normalized spacial score (nSPS) is 26.4. The van der Waals surface area contributed by atoms with Gasteiger partial charge in [0.25, 0.3) is 0 Å². The van der Waals surface area contributed by atoms with E-state index in [1.807, 2.05) is 0 Å². The third-order valence-corrected chi connectivity index (χ3v) is 5.52. The van der Waals surface area contributed by atoms with Crippen molar-refractivity contribution in [1.29, 1.82) is 0 Å². The molecular formula is C16H25N3S. The molecule has 0 bridgehead atoms. The first-order chi connectivity index (χ1) is 9.67. The number of fused-ring (bicyclic) bond motifs is 1. The fourth-order valence-electron chi connectivity index (χ4n) is 3.45. The molecule has 3 nitrogen and oxygen atoms in total. The second-order valence-corrected chi connectivity index (χ2v) is 8.03. The van der Waals surface area contributed by atoms with Crippen LogP contribution in [0.15, 0.2) is 6.07 Å². The molecule has 2 heterocycles. The SMILES string of the molecule is CC1CN(c2nc3c(cc2CN)CCCC3)CC(C)S1. The van der Waals surface area contributed by atoms with Gasteiger partial charge in [0.2, 0.25) is 0 Å². The van der Waals surface area contributed by atoms with Crippen molar-refractivity contribution in [2.24, 2.45) is 5.73 Å². The standard InChI is InChI=1S/C16H25N3S/c1-11-9-19(10-12(2)20-11)16-14(8-17)7-13-5-3-4-6-15(13)18-16/h7,11-12H,3-6,8-10,17H2,1-2H3. The monoisotopic (exact) mass is 291 g/mol. The van der Waals surface area contributed by atoms with Gasteiger partial charge in [0.1, 0.15) is 5.82 Å². The topological polar surface area (TPSA) is 42.2 Å². The minimum Gasteiger partial charge on any atom is -0.354 e. The zero-order valence-corrected chi connectivity index (χ0v) is 13.4. The molecule has 1 aliphatic heterocycles. The van der Waals surface area contributed by atoms with Crippen molar-refractivity contribution in [3.63, 3.8) is 0 Å². The van der Waals surface area contributed by atoms with Crippen LogP contribution in [0.4, 0.5) is 5.82 Å². The van der Waals surface area contributed by atoms with Gasteiger partial charge in [-0.2, -0.15) is 11.8 Å². The second-order valence-electron chi connectivity index (χ2n) is 6.15. The van der Waals surface area contributed by atoms with Crippen LogP contribution < -0.4 is 10.6 Å². The molecule has 0 amide bonds. The van der Waals surface area contributed by atoms with E-state index in [1.54, 1.807) is 0 Å². The summed E-state index contributed by atoms with van der Waals surface area (Å²) in [6.07, 6.45) is 4.90. The molecule has 0 saturated carbocycles. The molecule has 2 atom stereocenters. The Kier molecular flexibility index (Phi) is 4.22. The number of nitrogens with zero attached hydrogens (tertiary/aromatic N) is 2. The van der Waals surface area contributed by atoms with Crippen LogP contribution in [0.2, 0.25) is 0 Å². The van der Waals surface area contributed by atoms with Crippen molar-refractivity contribution in [3.05, 3.63) is 22.9 Å². The van der Waals surface area contributed by atoms with Gasteiger partial charge in [-0.05, 0) is 37.3 Å². The number of anilines is 1. The fraction of sp³-hybridized carbons (Fsp3) is 0.688. The van der Waals surface area contributed by atoms with E-state index >= 15 is 0 Å². The summed E-state index contributed by atoms with van der Waals surface area (Å²) >= 11 is 2.08. The lowest BCUT2D eigenvalue weighted by Gasteiger charge is -2.37. The lowest BCUT2D eigenvalue weighted by molar-refractivity contribution is 0.655. The van der Waals surface area contributed by atoms with E-state index in [2.05, 4.69) is 36.6 Å². The summed E-state index contributed by atoms with van der Waals surface area (Å²) < 4.78 is 0. The molecule has 1 aliphatic carbocycles. The van der Waals surface area contributed by atoms with Crippen LogP contribution in [-0.2, 0) is 19.4 Å². The van der Waals surface area contributed by atoms with Crippen molar-refractivity contribution >= 4 is 17.6 Å². The van der Waals surface area contributed by atoms with Gasteiger partial charge in [-0.15, -0.1) is 0 Å². The number of aromatic nitrogens is 1. The molecule has 2 N–H and O–H groups in total. The largest absolute Gasteiger partial charge is 0.354 e. The summed E-state index contributed by atoms with van der Waals surface area (Å²) in [5.74, 6) is 1.16. The van der Waals surface area contributed by atoms with Crippen molar-refractivity contribution in [2.45, 2.75) is 56.6 Å². The van der Waals surface area contributed by atoms with Gasteiger partial charge in [0, 0.05) is 41.4 Å². The Bertz CT molecular complexity index is 479. The summed E-state index contributed by atoms with van der Waals surface area (Å²) in [6.45, 7) is 7.41. The molecule has 1 aromatic heterocycles. The zero-order valence-electron chi connectivity index (χ0n) is 12.6. The number of thioether (sulfide) groups is 1. The van der Waals surface area contributed by atoms with Crippen molar-refractivity contribution in [3.8, 4) is 0 Å². The third kappa shape index (κ3) is 2.82. The number of pyridine rings is 1. The molecule has 1 saturated heterocycles. The van der Waals surface area contributed by atoms with Crippen molar-refractivity contribution < 1.29 is 0 Å². The number of aryl methyl sites for hydroxylation is 2. The molecule has 0 radical (unpaired) electrons. The molecular weight excluding hydrogens is 266 g/mol. The predicted molar refractivity (Wildman–Crippen MR) is 87.5 cm³/mol. The predicted octanol–water partition coefficient (Wildman–Crippen LogP) is 2.75. The molecule has 110 valence electrons.